The molecule has 0 N–H and O–H groups in total. The van der Waals surface area contributed by atoms with Crippen LogP contribution in [0.1, 0.15) is 40.3 Å². The molecular formula is C65H48S. The second-order valence-electron chi connectivity index (χ2n) is 17.5. The summed E-state index contributed by atoms with van der Waals surface area (Å²) in [7, 11) is 0. The summed E-state index contributed by atoms with van der Waals surface area (Å²) in [6.07, 6.45) is 0. The van der Waals surface area contributed by atoms with Gasteiger partial charge in [-0.1, -0.05) is 195 Å². The second-order valence-corrected chi connectivity index (χ2v) is 18.6. The van der Waals surface area contributed by atoms with Gasteiger partial charge in [0.25, 0.3) is 0 Å². The minimum absolute atomic E-state index is 0.398. The Labute approximate surface area is 392 Å². The summed E-state index contributed by atoms with van der Waals surface area (Å²) >= 11 is 1.87. The van der Waals surface area contributed by atoms with E-state index >= 15 is 0 Å². The molecule has 0 aliphatic carbocycles. The molecule has 1 atom stereocenters. The highest BCUT2D eigenvalue weighted by Gasteiger charge is 2.32. The largest absolute Gasteiger partial charge is 0.135 e. The molecule has 0 fully saturated rings. The van der Waals surface area contributed by atoms with Gasteiger partial charge in [-0.15, -0.1) is 11.3 Å². The van der Waals surface area contributed by atoms with Gasteiger partial charge in [0.1, 0.15) is 0 Å². The molecule has 0 amide bonds. The number of rotatable bonds is 10. The zero-order valence-electron chi connectivity index (χ0n) is 37.2. The third-order valence-electron chi connectivity index (χ3n) is 13.6. The molecule has 0 saturated heterocycles. The molecule has 0 nitrogen and oxygen atoms in total. The van der Waals surface area contributed by atoms with Crippen LogP contribution in [0.5, 0.6) is 0 Å². The van der Waals surface area contributed by atoms with E-state index < -0.39 is 5.41 Å². The first-order valence-electron chi connectivity index (χ1n) is 22.7. The van der Waals surface area contributed by atoms with Crippen LogP contribution in [0.4, 0.5) is 0 Å². The molecule has 0 saturated carbocycles. The van der Waals surface area contributed by atoms with Crippen LogP contribution in [-0.2, 0) is 5.41 Å². The van der Waals surface area contributed by atoms with Gasteiger partial charge in [0.2, 0.25) is 0 Å². The predicted octanol–water partition coefficient (Wildman–Crippen LogP) is 18.1. The monoisotopic (exact) mass is 860 g/mol. The van der Waals surface area contributed by atoms with Crippen molar-refractivity contribution in [2.45, 2.75) is 19.3 Å². The maximum absolute atomic E-state index is 4.89. The Morgan fingerprint density at radius 1 is 0.364 bits per heavy atom. The molecule has 1 heterocycles. The fourth-order valence-corrected chi connectivity index (χ4v) is 10.9. The minimum atomic E-state index is -0.398. The van der Waals surface area contributed by atoms with Crippen molar-refractivity contribution in [1.82, 2.24) is 0 Å². The van der Waals surface area contributed by atoms with Gasteiger partial charge in [-0.25, -0.2) is 0 Å². The highest BCUT2D eigenvalue weighted by atomic mass is 32.1. The lowest BCUT2D eigenvalue weighted by Gasteiger charge is -2.32. The van der Waals surface area contributed by atoms with Crippen molar-refractivity contribution in [1.29, 1.82) is 0 Å². The van der Waals surface area contributed by atoms with E-state index in [9.17, 15) is 0 Å². The lowest BCUT2D eigenvalue weighted by Crippen LogP contribution is -2.25. The third-order valence-corrected chi connectivity index (χ3v) is 14.7. The van der Waals surface area contributed by atoms with E-state index in [-0.39, 0.29) is 0 Å². The number of hydrogen-bond acceptors (Lipinski definition) is 1. The lowest BCUT2D eigenvalue weighted by atomic mass is 9.70. The Hall–Kier alpha value is -7.84. The van der Waals surface area contributed by atoms with Gasteiger partial charge in [0, 0.05) is 25.6 Å². The quantitative estimate of drug-likeness (QED) is 0.120. The van der Waals surface area contributed by atoms with Gasteiger partial charge >= 0.3 is 0 Å². The molecule has 66 heavy (non-hydrogen) atoms. The van der Waals surface area contributed by atoms with Gasteiger partial charge in [-0.3, -0.25) is 0 Å². The zero-order valence-corrected chi connectivity index (χ0v) is 38.0. The fourth-order valence-electron chi connectivity index (χ4n) is 9.83. The van der Waals surface area contributed by atoms with E-state index in [0.717, 1.165) is 27.8 Å². The van der Waals surface area contributed by atoms with E-state index in [1.807, 2.05) is 11.3 Å². The van der Waals surface area contributed by atoms with Crippen LogP contribution < -0.4 is 0 Å². The Morgan fingerprint density at radius 2 is 0.879 bits per heavy atom. The summed E-state index contributed by atoms with van der Waals surface area (Å²) in [6, 6.07) is 88.9. The average Bonchev–Trinajstić information content (AvgIpc) is 3.77. The lowest BCUT2D eigenvalue weighted by molar-refractivity contribution is 0.694. The summed E-state index contributed by atoms with van der Waals surface area (Å²) in [4.78, 5) is 0. The van der Waals surface area contributed by atoms with Crippen molar-refractivity contribution in [3.8, 4) is 55.6 Å². The summed E-state index contributed by atoms with van der Waals surface area (Å²) in [5.41, 5.74) is 19.6. The van der Waals surface area contributed by atoms with Gasteiger partial charge in [-0.2, -0.15) is 0 Å². The number of fused-ring (bicyclic) bond motifs is 3. The summed E-state index contributed by atoms with van der Waals surface area (Å²) < 4.78 is 2.64. The molecule has 10 aromatic carbocycles. The molecule has 0 spiro atoms. The van der Waals surface area contributed by atoms with Crippen LogP contribution in [-0.4, -0.2) is 0 Å². The SMILES string of the molecule is C=C(c1cc(-c2ccccc2)cc(-c2ccccc2)c1)c1cc(-c2cccc(-c3cccc(C(C)(c4ccccc4)c4ccc5sc6ccccc6c5c4)c3)c2)ccc1-c1ccccc1C. The Balaban J connectivity index is 1.02. The van der Waals surface area contributed by atoms with Gasteiger partial charge in [-0.05, 0) is 163 Å². The molecule has 0 bridgehead atoms. The normalized spacial score (nSPS) is 12.3. The van der Waals surface area contributed by atoms with Crippen molar-refractivity contribution in [2.75, 3.05) is 0 Å². The van der Waals surface area contributed by atoms with Crippen LogP contribution in [0.2, 0.25) is 0 Å². The summed E-state index contributed by atoms with van der Waals surface area (Å²) in [6.45, 7) is 9.47. The molecule has 0 radical (unpaired) electrons. The molecule has 0 aliphatic heterocycles. The van der Waals surface area contributed by atoms with E-state index in [4.69, 9.17) is 6.58 Å². The minimum Gasteiger partial charge on any atom is -0.135 e. The first-order valence-corrected chi connectivity index (χ1v) is 23.6. The van der Waals surface area contributed by atoms with Gasteiger partial charge in [0.05, 0.1) is 0 Å². The second kappa shape index (κ2) is 17.3. The molecule has 1 unspecified atom stereocenters. The summed E-state index contributed by atoms with van der Waals surface area (Å²) in [5.74, 6) is 0. The zero-order chi connectivity index (χ0) is 44.6. The van der Waals surface area contributed by atoms with E-state index in [1.54, 1.807) is 0 Å². The highest BCUT2D eigenvalue weighted by molar-refractivity contribution is 7.25. The van der Waals surface area contributed by atoms with Crippen LogP contribution in [0.25, 0.3) is 81.4 Å². The van der Waals surface area contributed by atoms with Crippen LogP contribution >= 0.6 is 11.3 Å². The number of benzene rings is 10. The first-order chi connectivity index (χ1) is 32.4. The third kappa shape index (κ3) is 7.58. The van der Waals surface area contributed by atoms with E-state index in [2.05, 4.69) is 257 Å². The highest BCUT2D eigenvalue weighted by Crippen LogP contribution is 2.44. The molecule has 0 aliphatic rings. The van der Waals surface area contributed by atoms with Crippen molar-refractivity contribution in [3.05, 3.63) is 283 Å². The molecule has 11 aromatic rings. The molecule has 314 valence electrons. The number of thiophene rings is 1. The summed E-state index contributed by atoms with van der Waals surface area (Å²) in [5, 5.41) is 2.63. The average molecular weight is 861 g/mol. The number of hydrogen-bond donors (Lipinski definition) is 0. The molecule has 11 rings (SSSR count). The molecule has 1 aromatic heterocycles. The van der Waals surface area contributed by atoms with Crippen LogP contribution in [0, 0.1) is 6.92 Å². The standard InChI is InChI=1S/C65H48S/c1-44-19-13-14-30-58(44)59-35-33-51(42-61(59)45(2)52-38-53(46-20-7-4-8-21-46)40-54(39-52)47-22-9-5-10-23-47)49-25-17-24-48(37-49)50-26-18-29-56(41-50)65(3,55-27-11-6-12-28-55)57-34-36-64-62(43-57)60-31-15-16-32-63(60)66-64/h4-43H,2H2,1,3H3. The Kier molecular flexibility index (Phi) is 10.7. The van der Waals surface area contributed by atoms with Crippen molar-refractivity contribution < 1.29 is 0 Å². The number of aryl methyl sites for hydroxylation is 1. The Bertz CT molecular complexity index is 3500. The van der Waals surface area contributed by atoms with E-state index in [0.29, 0.717) is 0 Å². The first kappa shape index (κ1) is 40.9. The fraction of sp³-hybridized carbons (Fsp3) is 0.0462. The van der Waals surface area contributed by atoms with Crippen molar-refractivity contribution in [3.63, 3.8) is 0 Å². The maximum atomic E-state index is 4.89. The van der Waals surface area contributed by atoms with Gasteiger partial charge < -0.3 is 0 Å². The topological polar surface area (TPSA) is 0 Å². The molecular weight excluding hydrogens is 813 g/mol. The van der Waals surface area contributed by atoms with Crippen LogP contribution in [0.3, 0.4) is 0 Å². The molecule has 1 heteroatoms. The predicted molar refractivity (Wildman–Crippen MR) is 284 cm³/mol. The smallest absolute Gasteiger partial charge is 0.0423 e. The Morgan fingerprint density at radius 3 is 1.58 bits per heavy atom. The van der Waals surface area contributed by atoms with Gasteiger partial charge in [0.15, 0.2) is 0 Å². The van der Waals surface area contributed by atoms with Crippen molar-refractivity contribution >= 4 is 37.1 Å². The van der Waals surface area contributed by atoms with Crippen LogP contribution in [0.15, 0.2) is 249 Å². The van der Waals surface area contributed by atoms with Crippen molar-refractivity contribution in [2.24, 2.45) is 0 Å². The maximum Gasteiger partial charge on any atom is 0.0423 e. The van der Waals surface area contributed by atoms with E-state index in [1.165, 1.54) is 86.9 Å².